The quantitative estimate of drug-likeness (QED) is 0.828. The topological polar surface area (TPSA) is 29.9 Å². The maximum absolute atomic E-state index is 4.42. The van der Waals surface area contributed by atoms with Gasteiger partial charge in [0.1, 0.15) is 0 Å². The number of nitrogens with one attached hydrogen (secondary N) is 1. The maximum Gasteiger partial charge on any atom is 0.0524 e. The van der Waals surface area contributed by atoms with Crippen LogP contribution in [0.25, 0.3) is 0 Å². The smallest absolute Gasteiger partial charge is 0.0524 e. The average Bonchev–Trinajstić information content (AvgIpc) is 2.87. The number of hydrogen-bond donors (Lipinski definition) is 1. The SMILES string of the molecule is CCCn1cc(C2CCC(NCC)C2)cn1. The monoisotopic (exact) mass is 221 g/mol. The van der Waals surface area contributed by atoms with Crippen LogP contribution in [0.15, 0.2) is 12.4 Å². The zero-order valence-corrected chi connectivity index (χ0v) is 10.4. The van der Waals surface area contributed by atoms with Crippen molar-refractivity contribution in [2.75, 3.05) is 6.54 Å². The molecule has 0 aliphatic heterocycles. The molecular weight excluding hydrogens is 198 g/mol. The summed E-state index contributed by atoms with van der Waals surface area (Å²) in [4.78, 5) is 0. The third-order valence-corrected chi connectivity index (χ3v) is 3.50. The zero-order chi connectivity index (χ0) is 11.4. The van der Waals surface area contributed by atoms with Crippen LogP contribution in [0.5, 0.6) is 0 Å². The Bertz CT molecular complexity index is 319. The molecule has 1 aromatic heterocycles. The molecule has 2 unspecified atom stereocenters. The Balaban J connectivity index is 1.92. The summed E-state index contributed by atoms with van der Waals surface area (Å²) in [6.07, 6.45) is 9.38. The first-order valence-electron chi connectivity index (χ1n) is 6.59. The Morgan fingerprint density at radius 2 is 2.31 bits per heavy atom. The molecule has 0 aromatic carbocycles. The molecule has 1 N–H and O–H groups in total. The largest absolute Gasteiger partial charge is 0.314 e. The summed E-state index contributed by atoms with van der Waals surface area (Å²) in [7, 11) is 0. The van der Waals surface area contributed by atoms with Crippen molar-refractivity contribution in [1.82, 2.24) is 15.1 Å². The van der Waals surface area contributed by atoms with Gasteiger partial charge in [0.25, 0.3) is 0 Å². The molecule has 0 bridgehead atoms. The standard InChI is InChI=1S/C13H23N3/c1-3-7-16-10-12(9-15-16)11-5-6-13(8-11)14-4-2/h9-11,13-14H,3-8H2,1-2H3. The van der Waals surface area contributed by atoms with E-state index in [0.29, 0.717) is 0 Å². The van der Waals surface area contributed by atoms with Gasteiger partial charge in [0.2, 0.25) is 0 Å². The van der Waals surface area contributed by atoms with Crippen LogP contribution in [0.3, 0.4) is 0 Å². The Hall–Kier alpha value is -0.830. The third-order valence-electron chi connectivity index (χ3n) is 3.50. The first-order valence-corrected chi connectivity index (χ1v) is 6.59. The van der Waals surface area contributed by atoms with Crippen LogP contribution in [0.2, 0.25) is 0 Å². The van der Waals surface area contributed by atoms with Gasteiger partial charge in [-0.1, -0.05) is 13.8 Å². The van der Waals surface area contributed by atoms with Crippen LogP contribution in [-0.2, 0) is 6.54 Å². The van der Waals surface area contributed by atoms with Gasteiger partial charge >= 0.3 is 0 Å². The molecule has 1 aliphatic rings. The van der Waals surface area contributed by atoms with Crippen molar-refractivity contribution in [3.63, 3.8) is 0 Å². The lowest BCUT2D eigenvalue weighted by Crippen LogP contribution is -2.25. The molecule has 2 rings (SSSR count). The van der Waals surface area contributed by atoms with Crippen molar-refractivity contribution in [3.05, 3.63) is 18.0 Å². The van der Waals surface area contributed by atoms with E-state index < -0.39 is 0 Å². The van der Waals surface area contributed by atoms with E-state index in [2.05, 4.69) is 41.3 Å². The fourth-order valence-corrected chi connectivity index (χ4v) is 2.70. The molecule has 1 saturated carbocycles. The molecule has 1 heterocycles. The fourth-order valence-electron chi connectivity index (χ4n) is 2.70. The second-order valence-corrected chi connectivity index (χ2v) is 4.80. The van der Waals surface area contributed by atoms with Crippen molar-refractivity contribution in [3.8, 4) is 0 Å². The summed E-state index contributed by atoms with van der Waals surface area (Å²) in [6.45, 7) is 6.51. The second-order valence-electron chi connectivity index (χ2n) is 4.80. The molecule has 3 nitrogen and oxygen atoms in total. The van der Waals surface area contributed by atoms with E-state index >= 15 is 0 Å². The molecule has 2 atom stereocenters. The summed E-state index contributed by atoms with van der Waals surface area (Å²) < 4.78 is 2.08. The summed E-state index contributed by atoms with van der Waals surface area (Å²) in [6, 6.07) is 0.726. The van der Waals surface area contributed by atoms with Gasteiger partial charge in [-0.3, -0.25) is 4.68 Å². The van der Waals surface area contributed by atoms with E-state index in [4.69, 9.17) is 0 Å². The molecule has 1 aliphatic carbocycles. The van der Waals surface area contributed by atoms with E-state index in [0.717, 1.165) is 31.5 Å². The first kappa shape index (κ1) is 11.6. The summed E-state index contributed by atoms with van der Waals surface area (Å²) in [5.74, 6) is 0.731. The van der Waals surface area contributed by atoms with Crippen LogP contribution >= 0.6 is 0 Å². The van der Waals surface area contributed by atoms with E-state index in [1.165, 1.54) is 24.8 Å². The molecule has 3 heteroatoms. The summed E-state index contributed by atoms with van der Waals surface area (Å²) in [5.41, 5.74) is 1.44. The maximum atomic E-state index is 4.42. The van der Waals surface area contributed by atoms with Crippen molar-refractivity contribution in [2.45, 2.75) is 58.0 Å². The van der Waals surface area contributed by atoms with Crippen LogP contribution < -0.4 is 5.32 Å². The van der Waals surface area contributed by atoms with Crippen LogP contribution in [0, 0.1) is 0 Å². The van der Waals surface area contributed by atoms with E-state index in [-0.39, 0.29) is 0 Å². The molecule has 0 radical (unpaired) electrons. The number of aromatic nitrogens is 2. The van der Waals surface area contributed by atoms with Crippen LogP contribution in [0.1, 0.15) is 51.0 Å². The van der Waals surface area contributed by atoms with Crippen LogP contribution in [0.4, 0.5) is 0 Å². The van der Waals surface area contributed by atoms with Gasteiger partial charge in [0, 0.05) is 18.8 Å². The van der Waals surface area contributed by atoms with Gasteiger partial charge in [-0.2, -0.15) is 5.10 Å². The van der Waals surface area contributed by atoms with E-state index in [1.807, 2.05) is 0 Å². The molecule has 90 valence electrons. The van der Waals surface area contributed by atoms with Gasteiger partial charge in [-0.05, 0) is 43.7 Å². The molecular formula is C13H23N3. The minimum absolute atomic E-state index is 0.726. The zero-order valence-electron chi connectivity index (χ0n) is 10.4. The fraction of sp³-hybridized carbons (Fsp3) is 0.769. The average molecular weight is 221 g/mol. The molecule has 1 aromatic rings. The Morgan fingerprint density at radius 3 is 3.06 bits per heavy atom. The van der Waals surface area contributed by atoms with Crippen LogP contribution in [-0.4, -0.2) is 22.4 Å². The predicted molar refractivity (Wildman–Crippen MR) is 66.6 cm³/mol. The lowest BCUT2D eigenvalue weighted by Gasteiger charge is -2.10. The van der Waals surface area contributed by atoms with E-state index in [9.17, 15) is 0 Å². The van der Waals surface area contributed by atoms with Crippen molar-refractivity contribution >= 4 is 0 Å². The van der Waals surface area contributed by atoms with Crippen molar-refractivity contribution < 1.29 is 0 Å². The lowest BCUT2D eigenvalue weighted by atomic mass is 10.0. The second kappa shape index (κ2) is 5.48. The van der Waals surface area contributed by atoms with Gasteiger partial charge < -0.3 is 5.32 Å². The van der Waals surface area contributed by atoms with E-state index in [1.54, 1.807) is 0 Å². The number of hydrogen-bond acceptors (Lipinski definition) is 2. The molecule has 0 spiro atoms. The number of nitrogens with zero attached hydrogens (tertiary/aromatic N) is 2. The molecule has 0 amide bonds. The van der Waals surface area contributed by atoms with Crippen molar-refractivity contribution in [1.29, 1.82) is 0 Å². The minimum Gasteiger partial charge on any atom is -0.314 e. The highest BCUT2D eigenvalue weighted by atomic mass is 15.3. The van der Waals surface area contributed by atoms with Gasteiger partial charge in [0.15, 0.2) is 0 Å². The normalized spacial score (nSPS) is 25.1. The Kier molecular flexibility index (Phi) is 3.99. The summed E-state index contributed by atoms with van der Waals surface area (Å²) >= 11 is 0. The number of rotatable bonds is 5. The highest BCUT2D eigenvalue weighted by Crippen LogP contribution is 2.34. The molecule has 1 fully saturated rings. The highest BCUT2D eigenvalue weighted by molar-refractivity contribution is 5.14. The Morgan fingerprint density at radius 1 is 1.44 bits per heavy atom. The number of aryl methyl sites for hydroxylation is 1. The van der Waals surface area contributed by atoms with Crippen molar-refractivity contribution in [2.24, 2.45) is 0 Å². The van der Waals surface area contributed by atoms with Gasteiger partial charge in [0.05, 0.1) is 6.20 Å². The van der Waals surface area contributed by atoms with Gasteiger partial charge in [-0.15, -0.1) is 0 Å². The highest BCUT2D eigenvalue weighted by Gasteiger charge is 2.25. The Labute approximate surface area is 98.2 Å². The predicted octanol–water partition coefficient (Wildman–Crippen LogP) is 2.54. The minimum atomic E-state index is 0.726. The molecule has 0 saturated heterocycles. The van der Waals surface area contributed by atoms with Gasteiger partial charge in [-0.25, -0.2) is 0 Å². The first-order chi connectivity index (χ1) is 7.83. The third kappa shape index (κ3) is 2.64. The lowest BCUT2D eigenvalue weighted by molar-refractivity contribution is 0.534. The molecule has 16 heavy (non-hydrogen) atoms. The summed E-state index contributed by atoms with van der Waals surface area (Å²) in [5, 5.41) is 7.97.